The molecule has 1 atom stereocenters. The van der Waals surface area contributed by atoms with Crippen LogP contribution >= 0.6 is 0 Å². The lowest BCUT2D eigenvalue weighted by Gasteiger charge is -2.36. The average molecular weight is 254 g/mol. The van der Waals surface area contributed by atoms with Gasteiger partial charge in [0.25, 0.3) is 0 Å². The second kappa shape index (κ2) is 4.99. The van der Waals surface area contributed by atoms with Gasteiger partial charge in [-0.05, 0) is 34.6 Å². The van der Waals surface area contributed by atoms with Gasteiger partial charge in [-0.1, -0.05) is 5.16 Å². The van der Waals surface area contributed by atoms with Crippen molar-refractivity contribution in [1.29, 1.82) is 0 Å². The van der Waals surface area contributed by atoms with Crippen LogP contribution in [0.5, 0.6) is 0 Å². The Bertz CT molecular complexity index is 385. The summed E-state index contributed by atoms with van der Waals surface area (Å²) in [5, 5.41) is 7.47. The van der Waals surface area contributed by atoms with Crippen molar-refractivity contribution >= 4 is 0 Å². The minimum Gasteiger partial charge on any atom is -0.361 e. The number of aryl methyl sites for hydroxylation is 2. The van der Waals surface area contributed by atoms with Gasteiger partial charge in [0.15, 0.2) is 5.79 Å². The van der Waals surface area contributed by atoms with E-state index in [2.05, 4.69) is 17.4 Å². The molecule has 0 aromatic carbocycles. The Hall–Kier alpha value is -0.910. The highest BCUT2D eigenvalue weighted by Crippen LogP contribution is 2.23. The van der Waals surface area contributed by atoms with Crippen molar-refractivity contribution in [3.8, 4) is 0 Å². The first-order chi connectivity index (χ1) is 8.39. The molecule has 18 heavy (non-hydrogen) atoms. The van der Waals surface area contributed by atoms with Gasteiger partial charge in [0, 0.05) is 11.6 Å². The van der Waals surface area contributed by atoms with Gasteiger partial charge in [0.05, 0.1) is 24.9 Å². The second-order valence-electron chi connectivity index (χ2n) is 5.34. The molecule has 1 N–H and O–H groups in total. The standard InChI is InChI=1S/C13H22N2O3/c1-8(12-9(2)15-18-10(12)3)14-11-6-16-13(4,5)17-7-11/h8,11,14H,6-7H2,1-5H3. The molecule has 1 aliphatic rings. The maximum absolute atomic E-state index is 5.63. The van der Waals surface area contributed by atoms with Gasteiger partial charge >= 0.3 is 0 Å². The lowest BCUT2D eigenvalue weighted by molar-refractivity contribution is -0.253. The van der Waals surface area contributed by atoms with Crippen LogP contribution in [0.2, 0.25) is 0 Å². The van der Waals surface area contributed by atoms with Crippen molar-refractivity contribution in [2.24, 2.45) is 0 Å². The lowest BCUT2D eigenvalue weighted by Crippen LogP contribution is -2.49. The topological polar surface area (TPSA) is 56.5 Å². The van der Waals surface area contributed by atoms with E-state index in [1.807, 2.05) is 27.7 Å². The molecular formula is C13H22N2O3. The summed E-state index contributed by atoms with van der Waals surface area (Å²) < 4.78 is 16.5. The average Bonchev–Trinajstić information content (AvgIpc) is 2.62. The van der Waals surface area contributed by atoms with Crippen LogP contribution < -0.4 is 5.32 Å². The molecule has 0 amide bonds. The van der Waals surface area contributed by atoms with E-state index in [1.165, 1.54) is 0 Å². The van der Waals surface area contributed by atoms with Gasteiger partial charge in [-0.25, -0.2) is 0 Å². The van der Waals surface area contributed by atoms with Crippen molar-refractivity contribution in [1.82, 2.24) is 10.5 Å². The van der Waals surface area contributed by atoms with Crippen molar-refractivity contribution in [3.05, 3.63) is 17.0 Å². The SMILES string of the molecule is Cc1noc(C)c1C(C)NC1COC(C)(C)OC1. The van der Waals surface area contributed by atoms with Gasteiger partial charge in [-0.15, -0.1) is 0 Å². The summed E-state index contributed by atoms with van der Waals surface area (Å²) in [7, 11) is 0. The third-order valence-electron chi connectivity index (χ3n) is 3.27. The first kappa shape index (κ1) is 13.5. The van der Waals surface area contributed by atoms with Crippen molar-refractivity contribution in [2.75, 3.05) is 13.2 Å². The summed E-state index contributed by atoms with van der Waals surface area (Å²) in [5.74, 6) is 0.398. The molecule has 1 saturated heterocycles. The van der Waals surface area contributed by atoms with E-state index in [0.717, 1.165) is 17.0 Å². The third kappa shape index (κ3) is 2.91. The smallest absolute Gasteiger partial charge is 0.162 e. The predicted molar refractivity (Wildman–Crippen MR) is 67.3 cm³/mol. The van der Waals surface area contributed by atoms with E-state index in [0.29, 0.717) is 13.2 Å². The molecule has 0 saturated carbocycles. The molecule has 2 heterocycles. The van der Waals surface area contributed by atoms with Gasteiger partial charge in [-0.3, -0.25) is 0 Å². The van der Waals surface area contributed by atoms with Crippen LogP contribution in [0, 0.1) is 13.8 Å². The molecule has 1 aromatic rings. The summed E-state index contributed by atoms with van der Waals surface area (Å²) in [5.41, 5.74) is 2.06. The van der Waals surface area contributed by atoms with Crippen LogP contribution in [0.4, 0.5) is 0 Å². The molecule has 0 aliphatic carbocycles. The van der Waals surface area contributed by atoms with Crippen molar-refractivity contribution in [2.45, 2.75) is 52.5 Å². The minimum atomic E-state index is -0.468. The first-order valence-electron chi connectivity index (χ1n) is 6.36. The zero-order valence-corrected chi connectivity index (χ0v) is 11.7. The molecule has 1 aliphatic heterocycles. The fraction of sp³-hybridized carbons (Fsp3) is 0.769. The molecule has 0 bridgehead atoms. The third-order valence-corrected chi connectivity index (χ3v) is 3.27. The fourth-order valence-corrected chi connectivity index (χ4v) is 2.33. The van der Waals surface area contributed by atoms with Gasteiger partial charge in [0.2, 0.25) is 0 Å². The fourth-order valence-electron chi connectivity index (χ4n) is 2.33. The molecule has 0 radical (unpaired) electrons. The zero-order chi connectivity index (χ0) is 13.3. The van der Waals surface area contributed by atoms with Crippen LogP contribution in [0.1, 0.15) is 43.8 Å². The number of nitrogens with one attached hydrogen (secondary N) is 1. The number of nitrogens with zero attached hydrogens (tertiary/aromatic N) is 1. The number of aromatic nitrogens is 1. The maximum Gasteiger partial charge on any atom is 0.162 e. The van der Waals surface area contributed by atoms with E-state index < -0.39 is 5.79 Å². The van der Waals surface area contributed by atoms with Gasteiger partial charge < -0.3 is 19.3 Å². The van der Waals surface area contributed by atoms with Gasteiger partial charge in [-0.2, -0.15) is 0 Å². The highest BCUT2D eigenvalue weighted by Gasteiger charge is 2.29. The Morgan fingerprint density at radius 3 is 2.39 bits per heavy atom. The Morgan fingerprint density at radius 1 is 1.28 bits per heavy atom. The number of hydrogen-bond donors (Lipinski definition) is 1. The molecule has 2 rings (SSSR count). The second-order valence-corrected chi connectivity index (χ2v) is 5.34. The zero-order valence-electron chi connectivity index (χ0n) is 11.7. The van der Waals surface area contributed by atoms with Crippen LogP contribution in [-0.2, 0) is 9.47 Å². The van der Waals surface area contributed by atoms with Crippen LogP contribution in [-0.4, -0.2) is 30.2 Å². The number of hydrogen-bond acceptors (Lipinski definition) is 5. The molecule has 1 unspecified atom stereocenters. The summed E-state index contributed by atoms with van der Waals surface area (Å²) >= 11 is 0. The van der Waals surface area contributed by atoms with E-state index in [9.17, 15) is 0 Å². The molecule has 5 nitrogen and oxygen atoms in total. The molecule has 1 aromatic heterocycles. The van der Waals surface area contributed by atoms with Crippen LogP contribution in [0.25, 0.3) is 0 Å². The van der Waals surface area contributed by atoms with E-state index in [1.54, 1.807) is 0 Å². The van der Waals surface area contributed by atoms with Crippen molar-refractivity contribution < 1.29 is 14.0 Å². The lowest BCUT2D eigenvalue weighted by atomic mass is 10.1. The molecule has 0 spiro atoms. The van der Waals surface area contributed by atoms with Crippen LogP contribution in [0.3, 0.4) is 0 Å². The summed E-state index contributed by atoms with van der Waals surface area (Å²) in [6.07, 6.45) is 0. The highest BCUT2D eigenvalue weighted by molar-refractivity contribution is 5.24. The van der Waals surface area contributed by atoms with Gasteiger partial charge in [0.1, 0.15) is 5.76 Å². The highest BCUT2D eigenvalue weighted by atomic mass is 16.7. The van der Waals surface area contributed by atoms with Crippen LogP contribution in [0.15, 0.2) is 4.52 Å². The quantitative estimate of drug-likeness (QED) is 0.895. The van der Waals surface area contributed by atoms with E-state index in [4.69, 9.17) is 14.0 Å². The summed E-state index contributed by atoms with van der Waals surface area (Å²) in [4.78, 5) is 0. The molecule has 102 valence electrons. The largest absolute Gasteiger partial charge is 0.361 e. The first-order valence-corrected chi connectivity index (χ1v) is 6.36. The molecule has 1 fully saturated rings. The predicted octanol–water partition coefficient (Wildman–Crippen LogP) is 2.09. The van der Waals surface area contributed by atoms with E-state index >= 15 is 0 Å². The molecular weight excluding hydrogens is 232 g/mol. The Kier molecular flexibility index (Phi) is 3.75. The van der Waals surface area contributed by atoms with E-state index in [-0.39, 0.29) is 12.1 Å². The monoisotopic (exact) mass is 254 g/mol. The summed E-state index contributed by atoms with van der Waals surface area (Å²) in [6.45, 7) is 11.2. The Labute approximate surface area is 108 Å². The number of rotatable bonds is 3. The Morgan fingerprint density at radius 2 is 1.89 bits per heavy atom. The minimum absolute atomic E-state index is 0.176. The molecule has 5 heteroatoms. The number of ether oxygens (including phenoxy) is 2. The summed E-state index contributed by atoms with van der Waals surface area (Å²) in [6, 6.07) is 0.372. The maximum atomic E-state index is 5.63. The van der Waals surface area contributed by atoms with Crippen molar-refractivity contribution in [3.63, 3.8) is 0 Å². The normalized spacial score (nSPS) is 22.1. The Balaban J connectivity index is 1.95.